The molecule has 0 spiro atoms. The fraction of sp³-hybridized carbons (Fsp3) is 0.368. The van der Waals surface area contributed by atoms with Crippen LogP contribution in [0, 0.1) is 23.2 Å². The molecule has 3 aliphatic heterocycles. The van der Waals surface area contributed by atoms with Crippen LogP contribution in [0.4, 0.5) is 0 Å². The van der Waals surface area contributed by atoms with Gasteiger partial charge >= 0.3 is 0 Å². The molecule has 3 fully saturated rings. The lowest BCUT2D eigenvalue weighted by atomic mass is 9.71. The number of fused-ring (bicyclic) bond motifs is 4. The predicted molar refractivity (Wildman–Crippen MR) is 176 cm³/mol. The van der Waals surface area contributed by atoms with Gasteiger partial charge in [-0.1, -0.05) is 30.3 Å². The van der Waals surface area contributed by atoms with Gasteiger partial charge < -0.3 is 23.8 Å². The number of piperidine rings is 3. The van der Waals surface area contributed by atoms with Gasteiger partial charge in [-0.3, -0.25) is 4.98 Å². The molecule has 3 aliphatic rings. The summed E-state index contributed by atoms with van der Waals surface area (Å²) in [6, 6.07) is 22.1. The van der Waals surface area contributed by atoms with E-state index in [9.17, 15) is 10.4 Å². The van der Waals surface area contributed by atoms with Gasteiger partial charge in [-0.2, -0.15) is 5.26 Å². The minimum absolute atomic E-state index is 0.0540. The third-order valence-corrected chi connectivity index (χ3v) is 9.95. The van der Waals surface area contributed by atoms with Crippen molar-refractivity contribution in [3.8, 4) is 34.4 Å². The van der Waals surface area contributed by atoms with E-state index in [-0.39, 0.29) is 6.04 Å². The van der Waals surface area contributed by atoms with Gasteiger partial charge in [0.15, 0.2) is 0 Å². The molecule has 5 atom stereocenters. The van der Waals surface area contributed by atoms with Crippen molar-refractivity contribution in [1.29, 1.82) is 5.26 Å². The summed E-state index contributed by atoms with van der Waals surface area (Å²) in [5.41, 5.74) is 4.88. The zero-order valence-electron chi connectivity index (χ0n) is 26.4. The van der Waals surface area contributed by atoms with E-state index in [1.807, 2.05) is 68.4 Å². The van der Waals surface area contributed by atoms with E-state index >= 15 is 0 Å². The molecule has 232 valence electrons. The first-order valence-electron chi connectivity index (χ1n) is 16.0. The average Bonchev–Trinajstić information content (AvgIpc) is 3.07. The summed E-state index contributed by atoms with van der Waals surface area (Å²) >= 11 is 0. The number of quaternary nitrogens is 1. The number of aliphatic hydroxyl groups is 1. The number of pyridine rings is 1. The summed E-state index contributed by atoms with van der Waals surface area (Å²) in [6.07, 6.45) is 5.11. The van der Waals surface area contributed by atoms with Gasteiger partial charge in [0.05, 0.1) is 50.1 Å². The molecule has 1 aromatic heterocycles. The Hall–Kier alpha value is -4.38. The third-order valence-electron chi connectivity index (χ3n) is 9.95. The van der Waals surface area contributed by atoms with E-state index in [1.54, 1.807) is 13.3 Å². The van der Waals surface area contributed by atoms with Gasteiger partial charge in [-0.15, -0.1) is 6.58 Å². The van der Waals surface area contributed by atoms with E-state index in [4.69, 9.17) is 14.2 Å². The molecule has 7 nitrogen and oxygen atoms in total. The van der Waals surface area contributed by atoms with E-state index in [1.165, 1.54) is 0 Å². The minimum Gasteiger partial charge on any atom is -0.497 e. The average molecular weight is 605 g/mol. The quantitative estimate of drug-likeness (QED) is 0.144. The molecule has 7 heteroatoms. The predicted octanol–water partition coefficient (Wildman–Crippen LogP) is 7.22. The van der Waals surface area contributed by atoms with Gasteiger partial charge in [-0.05, 0) is 61.7 Å². The Morgan fingerprint density at radius 1 is 1.09 bits per heavy atom. The van der Waals surface area contributed by atoms with Crippen molar-refractivity contribution in [3.63, 3.8) is 0 Å². The summed E-state index contributed by atoms with van der Waals surface area (Å²) < 4.78 is 18.3. The number of hydrogen-bond donors (Lipinski definition) is 1. The summed E-state index contributed by atoms with van der Waals surface area (Å²) in [6.45, 7) is 11.5. The fourth-order valence-electron chi connectivity index (χ4n) is 7.86. The highest BCUT2D eigenvalue weighted by Crippen LogP contribution is 2.49. The monoisotopic (exact) mass is 604 g/mol. The largest absolute Gasteiger partial charge is 0.497 e. The zero-order chi connectivity index (χ0) is 31.6. The van der Waals surface area contributed by atoms with Crippen LogP contribution in [0.2, 0.25) is 0 Å². The molecule has 0 radical (unpaired) electrons. The third kappa shape index (κ3) is 5.54. The van der Waals surface area contributed by atoms with E-state index in [0.717, 1.165) is 64.8 Å². The molecule has 7 rings (SSSR count). The Balaban J connectivity index is 1.45. The fourth-order valence-corrected chi connectivity index (χ4v) is 7.86. The lowest BCUT2D eigenvalue weighted by Gasteiger charge is -2.58. The highest BCUT2D eigenvalue weighted by molar-refractivity contribution is 5.84. The summed E-state index contributed by atoms with van der Waals surface area (Å²) in [4.78, 5) is 4.56. The van der Waals surface area contributed by atoms with Crippen LogP contribution >= 0.6 is 0 Å². The van der Waals surface area contributed by atoms with Crippen molar-refractivity contribution in [2.45, 2.75) is 45.4 Å². The number of ether oxygens (including phenoxy) is 3. The molecule has 3 aromatic carbocycles. The Morgan fingerprint density at radius 2 is 1.84 bits per heavy atom. The van der Waals surface area contributed by atoms with Crippen LogP contribution in [0.25, 0.3) is 22.0 Å². The summed E-state index contributed by atoms with van der Waals surface area (Å²) in [5.74, 6) is 2.96. The van der Waals surface area contributed by atoms with Crippen molar-refractivity contribution in [2.24, 2.45) is 11.8 Å². The van der Waals surface area contributed by atoms with Gasteiger partial charge in [-0.25, -0.2) is 0 Å². The molecule has 45 heavy (non-hydrogen) atoms. The first kappa shape index (κ1) is 30.6. The molecule has 4 aromatic rings. The van der Waals surface area contributed by atoms with E-state index in [0.29, 0.717) is 53.1 Å². The maximum absolute atomic E-state index is 12.3. The molecule has 4 unspecified atom stereocenters. The maximum Gasteiger partial charge on any atom is 0.131 e. The molecule has 0 amide bonds. The highest BCUT2D eigenvalue weighted by Gasteiger charge is 2.54. The van der Waals surface area contributed by atoms with Gasteiger partial charge in [0.2, 0.25) is 0 Å². The molecule has 3 saturated heterocycles. The zero-order valence-corrected chi connectivity index (χ0v) is 26.4. The Bertz CT molecular complexity index is 1720. The normalized spacial score (nSPS) is 22.9. The number of aliphatic hydroxyl groups excluding tert-OH is 1. The van der Waals surface area contributed by atoms with Crippen molar-refractivity contribution in [3.05, 3.63) is 96.2 Å². The number of benzene rings is 3. The summed E-state index contributed by atoms with van der Waals surface area (Å²) in [7, 11) is 1.65. The maximum atomic E-state index is 12.3. The van der Waals surface area contributed by atoms with Crippen molar-refractivity contribution in [2.75, 3.05) is 33.4 Å². The molecule has 0 saturated carbocycles. The van der Waals surface area contributed by atoms with Crippen LogP contribution in [0.1, 0.15) is 49.5 Å². The second-order valence-corrected chi connectivity index (χ2v) is 12.2. The number of rotatable bonds is 11. The topological polar surface area (TPSA) is 84.6 Å². The van der Waals surface area contributed by atoms with Crippen molar-refractivity contribution < 1.29 is 23.8 Å². The van der Waals surface area contributed by atoms with E-state index < -0.39 is 6.10 Å². The van der Waals surface area contributed by atoms with Gasteiger partial charge in [0.1, 0.15) is 42.0 Å². The number of hydrogen-bond acceptors (Lipinski definition) is 6. The second-order valence-electron chi connectivity index (χ2n) is 12.2. The van der Waals surface area contributed by atoms with Crippen LogP contribution < -0.4 is 14.2 Å². The van der Waals surface area contributed by atoms with Crippen LogP contribution in [0.3, 0.4) is 0 Å². The Kier molecular flexibility index (Phi) is 8.80. The Morgan fingerprint density at radius 3 is 2.53 bits per heavy atom. The highest BCUT2D eigenvalue weighted by atomic mass is 16.5. The molecule has 2 bridgehead atoms. The lowest BCUT2D eigenvalue weighted by molar-refractivity contribution is -0.984. The van der Waals surface area contributed by atoms with Crippen LogP contribution in [0.5, 0.6) is 17.2 Å². The molecule has 1 N–H and O–H groups in total. The van der Waals surface area contributed by atoms with Crippen molar-refractivity contribution in [1.82, 2.24) is 4.98 Å². The smallest absolute Gasteiger partial charge is 0.131 e. The number of nitrogens with zero attached hydrogens (tertiary/aromatic N) is 3. The number of nitriles is 1. The SMILES string of the molecule is C=CC1C[N+]2(Cc3cccc(-c4c(OCC)cccc4OCC)c3C#N)CCC1CC2[C@H](O)c1ccnc2ccc(OC)cc12. The minimum atomic E-state index is -0.715. The standard InChI is InChI=1S/C38H42N3O4/c1-5-25-23-41(19-17-26(25)20-34(41)38(42)30-16-18-40-33-15-14-28(43-4)21-31(30)33)24-27-10-8-11-29(32(27)22-39)37-35(44-6-2)12-9-13-36(37)45-7-3/h5,8-16,18,21,25-26,34,38,42H,1,6-7,17,19-20,23-24H2,2-4H3/q+1/t25?,26?,34?,38-,41?/m1/s1. The summed E-state index contributed by atoms with van der Waals surface area (Å²) in [5, 5.41) is 23.9. The molecular formula is C38H42N3O4+. The first-order chi connectivity index (χ1) is 22.0. The second kappa shape index (κ2) is 12.9. The van der Waals surface area contributed by atoms with Crippen LogP contribution in [-0.2, 0) is 6.54 Å². The molecule has 0 aliphatic carbocycles. The van der Waals surface area contributed by atoms with Gasteiger partial charge in [0, 0.05) is 41.5 Å². The van der Waals surface area contributed by atoms with Crippen LogP contribution in [0.15, 0.2) is 79.5 Å². The van der Waals surface area contributed by atoms with Crippen molar-refractivity contribution >= 4 is 10.9 Å². The Labute approximate surface area is 265 Å². The molecule has 4 heterocycles. The number of methoxy groups -OCH3 is 1. The molecular weight excluding hydrogens is 562 g/mol. The lowest BCUT2D eigenvalue weighted by Crippen LogP contribution is -2.67. The van der Waals surface area contributed by atoms with Gasteiger partial charge in [0.25, 0.3) is 0 Å². The first-order valence-corrected chi connectivity index (χ1v) is 16.0. The van der Waals surface area contributed by atoms with E-state index in [2.05, 4.69) is 29.8 Å². The van der Waals surface area contributed by atoms with Crippen LogP contribution in [-0.4, -0.2) is 54.0 Å². The number of aromatic nitrogens is 1.